The summed E-state index contributed by atoms with van der Waals surface area (Å²) < 4.78 is 32.0. The largest absolute Gasteiger partial charge is 0.436 e. The van der Waals surface area contributed by atoms with Crippen LogP contribution in [0.25, 0.3) is 141 Å². The van der Waals surface area contributed by atoms with Crippen LogP contribution < -0.4 is 13.7 Å². The molecule has 12 heteroatoms. The first kappa shape index (κ1) is 55.9. The van der Waals surface area contributed by atoms with Crippen LogP contribution in [0.3, 0.4) is 0 Å². The SMILES string of the molecule is Cc1cc2oc(-c3ccccc3)nc2cc1-c1n(-c2ccccc2)c2ccccc2[n+]1C.Cc1cc2oc(-c3ccccc3)nc2cc1-c1n(C(C)(C)C)c2ccccc2[n+]1C.Cc1cc2oc(-c3ccccc3)nc2cc1-c1n(C)c2ccccc2[n+]1C. The van der Waals surface area contributed by atoms with Crippen molar-refractivity contribution < 1.29 is 27.0 Å². The molecule has 6 heterocycles. The maximum atomic E-state index is 6.11. The maximum Gasteiger partial charge on any atom is 0.295 e. The normalized spacial score (nSPS) is 11.7. The van der Waals surface area contributed by atoms with Gasteiger partial charge in [0.15, 0.2) is 49.8 Å². The summed E-state index contributed by atoms with van der Waals surface area (Å²) in [4.78, 5) is 14.3. The average Bonchev–Trinajstić information content (AvgIpc) is 1.98. The van der Waals surface area contributed by atoms with Gasteiger partial charge in [0.05, 0.1) is 44.9 Å². The van der Waals surface area contributed by atoms with Crippen LogP contribution >= 0.6 is 0 Å². The van der Waals surface area contributed by atoms with Crippen LogP contribution in [0.1, 0.15) is 37.5 Å². The molecule has 16 rings (SSSR count). The van der Waals surface area contributed by atoms with E-state index in [1.165, 1.54) is 55.6 Å². The number of hydrogen-bond donors (Lipinski definition) is 0. The first-order valence-electron chi connectivity index (χ1n) is 30.1. The molecule has 0 fully saturated rings. The molecule has 0 saturated carbocycles. The van der Waals surface area contributed by atoms with Crippen LogP contribution in [0.4, 0.5) is 0 Å². The minimum absolute atomic E-state index is 0.0728. The predicted molar refractivity (Wildman–Crippen MR) is 356 cm³/mol. The molecular weight excluding hydrogens is 1100 g/mol. The number of aromatic nitrogens is 9. The number of benzene rings is 10. The lowest BCUT2D eigenvalue weighted by atomic mass is 10.0. The number of para-hydroxylation sites is 7. The van der Waals surface area contributed by atoms with Crippen molar-refractivity contribution in [2.75, 3.05) is 0 Å². The van der Waals surface area contributed by atoms with Crippen molar-refractivity contribution in [3.05, 3.63) is 247 Å². The number of fused-ring (bicyclic) bond motifs is 6. The van der Waals surface area contributed by atoms with E-state index in [0.29, 0.717) is 17.7 Å². The standard InChI is InChI=1S/C28H22N3O.C26H26N3O.C23H20N3O/c1-19-17-26-23(29-27(32-26)20-11-5-3-6-12-20)18-22(19)28-30(2)24-15-9-10-16-25(24)31(28)21-13-7-4-8-14-21;1-17-15-23-20(27-24(30-23)18-11-7-6-8-12-18)16-19(17)25-28(5)21-13-9-10-14-22(21)29(25)26(2,3)4;1-15-13-21-18(24-22(27-21)16-9-5-4-6-10-16)14-17(15)23-25(2)19-11-7-8-12-20(19)26(23)3/h3-18H,1-2H3;6-16H,1-5H3;4-14H,1-3H3/q3*+1. The van der Waals surface area contributed by atoms with Gasteiger partial charge in [-0.15, -0.1) is 0 Å². The van der Waals surface area contributed by atoms with E-state index in [4.69, 9.17) is 28.2 Å². The molecule has 0 amide bonds. The topological polar surface area (TPSA) is 105 Å². The van der Waals surface area contributed by atoms with Gasteiger partial charge in [-0.1, -0.05) is 109 Å². The van der Waals surface area contributed by atoms with Crippen molar-refractivity contribution in [3.63, 3.8) is 0 Å². The molecule has 0 N–H and O–H groups in total. The number of imidazole rings is 3. The first-order valence-corrected chi connectivity index (χ1v) is 30.1. The van der Waals surface area contributed by atoms with E-state index in [2.05, 4.69) is 231 Å². The molecule has 0 atom stereocenters. The summed E-state index contributed by atoms with van der Waals surface area (Å²) in [5.41, 5.74) is 23.2. The highest BCUT2D eigenvalue weighted by molar-refractivity contribution is 5.88. The highest BCUT2D eigenvalue weighted by atomic mass is 16.4. The molecule has 12 nitrogen and oxygen atoms in total. The van der Waals surface area contributed by atoms with Gasteiger partial charge in [0, 0.05) is 16.7 Å². The third kappa shape index (κ3) is 10.0. The molecule has 16 aromatic rings. The fraction of sp³-hybridized carbons (Fsp3) is 0.143. The van der Waals surface area contributed by atoms with Crippen LogP contribution in [0.2, 0.25) is 0 Å². The summed E-state index contributed by atoms with van der Waals surface area (Å²) in [6.45, 7) is 13.1. The smallest absolute Gasteiger partial charge is 0.295 e. The van der Waals surface area contributed by atoms with Crippen LogP contribution in [-0.4, -0.2) is 28.7 Å². The summed E-state index contributed by atoms with van der Waals surface area (Å²) in [5, 5.41) is 0. The molecule has 0 unspecified atom stereocenters. The zero-order valence-electron chi connectivity index (χ0n) is 51.7. The van der Waals surface area contributed by atoms with E-state index in [1.807, 2.05) is 97.1 Å². The van der Waals surface area contributed by atoms with Crippen molar-refractivity contribution in [1.82, 2.24) is 28.7 Å². The predicted octanol–water partition coefficient (Wildman–Crippen LogP) is 17.0. The lowest BCUT2D eigenvalue weighted by Crippen LogP contribution is -2.33. The first-order chi connectivity index (χ1) is 43.2. The zero-order valence-corrected chi connectivity index (χ0v) is 51.7. The fourth-order valence-electron chi connectivity index (χ4n) is 12.7. The number of nitrogens with zero attached hydrogens (tertiary/aromatic N) is 9. The molecule has 0 spiro atoms. The van der Waals surface area contributed by atoms with E-state index in [-0.39, 0.29) is 5.54 Å². The Labute approximate surface area is 516 Å². The Bertz CT molecular complexity index is 5270. The molecule has 0 aliphatic carbocycles. The van der Waals surface area contributed by atoms with E-state index in [9.17, 15) is 0 Å². The molecule has 0 saturated heterocycles. The second-order valence-electron chi connectivity index (χ2n) is 23.9. The van der Waals surface area contributed by atoms with Gasteiger partial charge >= 0.3 is 0 Å². The number of hydrogen-bond acceptors (Lipinski definition) is 6. The summed E-state index contributed by atoms with van der Waals surface area (Å²) in [7, 11) is 8.49. The minimum atomic E-state index is -0.0728. The van der Waals surface area contributed by atoms with Crippen molar-refractivity contribution in [2.24, 2.45) is 28.2 Å². The van der Waals surface area contributed by atoms with Gasteiger partial charge in [-0.3, -0.25) is 0 Å². The van der Waals surface area contributed by atoms with Crippen molar-refractivity contribution >= 4 is 66.4 Å². The summed E-state index contributed by atoms with van der Waals surface area (Å²) in [6.07, 6.45) is 0. The molecule has 89 heavy (non-hydrogen) atoms. The second-order valence-corrected chi connectivity index (χ2v) is 23.9. The lowest BCUT2D eigenvalue weighted by Gasteiger charge is -2.18. The van der Waals surface area contributed by atoms with Crippen molar-refractivity contribution in [2.45, 2.75) is 47.1 Å². The quantitative estimate of drug-likeness (QED) is 0.147. The Morgan fingerprint density at radius 1 is 0.360 bits per heavy atom. The zero-order chi connectivity index (χ0) is 61.2. The Kier molecular flexibility index (Phi) is 14.0. The van der Waals surface area contributed by atoms with Crippen molar-refractivity contribution in [3.8, 4) is 74.2 Å². The molecule has 0 radical (unpaired) electrons. The van der Waals surface area contributed by atoms with Gasteiger partial charge in [0.2, 0.25) is 17.7 Å². The van der Waals surface area contributed by atoms with Gasteiger partial charge in [0.1, 0.15) is 27.8 Å². The van der Waals surface area contributed by atoms with Gasteiger partial charge in [-0.05, 0) is 180 Å². The van der Waals surface area contributed by atoms with Crippen LogP contribution in [0.15, 0.2) is 244 Å². The van der Waals surface area contributed by atoms with Crippen LogP contribution in [-0.2, 0) is 33.7 Å². The number of rotatable bonds is 7. The highest BCUT2D eigenvalue weighted by Gasteiger charge is 2.34. The molecule has 0 aliphatic heterocycles. The molecule has 436 valence electrons. The lowest BCUT2D eigenvalue weighted by molar-refractivity contribution is -0.634. The molecular formula is C77H68N9O3+3. The average molecular weight is 1170 g/mol. The Hall–Kier alpha value is -11.0. The van der Waals surface area contributed by atoms with E-state index in [1.54, 1.807) is 0 Å². The monoisotopic (exact) mass is 1170 g/mol. The molecule has 0 aliphatic rings. The van der Waals surface area contributed by atoms with Gasteiger partial charge in [-0.2, -0.15) is 4.57 Å². The highest BCUT2D eigenvalue weighted by Crippen LogP contribution is 2.38. The van der Waals surface area contributed by atoms with E-state index >= 15 is 0 Å². The molecule has 6 aromatic heterocycles. The summed E-state index contributed by atoms with van der Waals surface area (Å²) in [6, 6.07) is 78.9. The summed E-state index contributed by atoms with van der Waals surface area (Å²) in [5.74, 6) is 5.39. The molecule has 10 aromatic carbocycles. The van der Waals surface area contributed by atoms with E-state index < -0.39 is 0 Å². The maximum absolute atomic E-state index is 6.11. The van der Waals surface area contributed by atoms with Gasteiger partial charge in [-0.25, -0.2) is 37.8 Å². The second kappa shape index (κ2) is 22.4. The van der Waals surface area contributed by atoms with Crippen LogP contribution in [0.5, 0.6) is 0 Å². The number of oxazole rings is 3. The Balaban J connectivity index is 0.000000117. The van der Waals surface area contributed by atoms with Crippen LogP contribution in [0, 0.1) is 20.8 Å². The fourth-order valence-corrected chi connectivity index (χ4v) is 12.7. The third-order valence-corrected chi connectivity index (χ3v) is 16.9. The molecule has 0 bridgehead atoms. The third-order valence-electron chi connectivity index (χ3n) is 16.9. The minimum Gasteiger partial charge on any atom is -0.436 e. The number of aryl methyl sites for hydroxylation is 7. The summed E-state index contributed by atoms with van der Waals surface area (Å²) >= 11 is 0. The Morgan fingerprint density at radius 2 is 0.685 bits per heavy atom. The van der Waals surface area contributed by atoms with Gasteiger partial charge < -0.3 is 13.3 Å². The van der Waals surface area contributed by atoms with E-state index in [0.717, 1.165) is 84.0 Å². The van der Waals surface area contributed by atoms with Gasteiger partial charge in [0.25, 0.3) is 17.5 Å². The Morgan fingerprint density at radius 3 is 1.11 bits per heavy atom. The van der Waals surface area contributed by atoms with Crippen molar-refractivity contribution in [1.29, 1.82) is 0 Å².